The molecule has 5 nitrogen and oxygen atoms in total. The molecule has 4 rings (SSSR count). The number of H-pyrrole nitrogens is 1. The van der Waals surface area contributed by atoms with Gasteiger partial charge in [0.05, 0.1) is 27.2 Å². The summed E-state index contributed by atoms with van der Waals surface area (Å²) in [5.74, 6) is -2.95. The molecule has 0 radical (unpaired) electrons. The van der Waals surface area contributed by atoms with Gasteiger partial charge in [-0.25, -0.2) is 13.8 Å². The van der Waals surface area contributed by atoms with E-state index >= 15 is 0 Å². The van der Waals surface area contributed by atoms with E-state index < -0.39 is 11.8 Å². The minimum Gasteiger partial charge on any atom is -0.370 e. The summed E-state index contributed by atoms with van der Waals surface area (Å²) in [4.78, 5) is 21.5. The molecule has 9 heteroatoms. The van der Waals surface area contributed by atoms with Crippen molar-refractivity contribution >= 4 is 45.8 Å². The number of hydrogen-bond acceptors (Lipinski definition) is 3. The highest BCUT2D eigenvalue weighted by atomic mass is 35.5. The lowest BCUT2D eigenvalue weighted by molar-refractivity contribution is -0.118. The Bertz CT molecular complexity index is 1140. The lowest BCUT2D eigenvalue weighted by atomic mass is 9.93. The number of hydrogen-bond donors (Lipinski definition) is 2. The fourth-order valence-corrected chi connectivity index (χ4v) is 4.90. The van der Waals surface area contributed by atoms with Gasteiger partial charge in [0, 0.05) is 32.4 Å². The summed E-state index contributed by atoms with van der Waals surface area (Å²) < 4.78 is 27.2. The molecule has 1 saturated heterocycles. The largest absolute Gasteiger partial charge is 0.370 e. The molecule has 3 aromatic rings. The van der Waals surface area contributed by atoms with Crippen molar-refractivity contribution in [2.45, 2.75) is 44.4 Å². The van der Waals surface area contributed by atoms with Crippen LogP contribution >= 0.6 is 23.2 Å². The van der Waals surface area contributed by atoms with Gasteiger partial charge in [-0.1, -0.05) is 54.4 Å². The van der Waals surface area contributed by atoms with Crippen LogP contribution in [0.2, 0.25) is 10.0 Å². The van der Waals surface area contributed by atoms with Crippen LogP contribution < -0.4 is 10.6 Å². The van der Waals surface area contributed by atoms with E-state index in [-0.39, 0.29) is 38.3 Å². The number of rotatable bonds is 6. The molecule has 1 unspecified atom stereocenters. The highest BCUT2D eigenvalue weighted by Crippen LogP contribution is 2.42. The Morgan fingerprint density at radius 2 is 1.91 bits per heavy atom. The zero-order chi connectivity index (χ0) is 23.0. The number of aromatic amines is 1. The van der Waals surface area contributed by atoms with Gasteiger partial charge in [0.15, 0.2) is 0 Å². The molecule has 0 spiro atoms. The summed E-state index contributed by atoms with van der Waals surface area (Å²) in [6, 6.07) is 9.66. The average Bonchev–Trinajstić information content (AvgIpc) is 3.17. The van der Waals surface area contributed by atoms with Crippen LogP contribution in [0.4, 0.5) is 14.5 Å². The first-order valence-corrected chi connectivity index (χ1v) is 11.3. The van der Waals surface area contributed by atoms with E-state index in [4.69, 9.17) is 28.9 Å². The molecule has 0 saturated carbocycles. The maximum absolute atomic E-state index is 13.6. The maximum Gasteiger partial charge on any atom is 0.251 e. The number of nitrogens with one attached hydrogen (secondary N) is 1. The second-order valence-electron chi connectivity index (χ2n) is 8.20. The molecule has 1 aliphatic heterocycles. The van der Waals surface area contributed by atoms with Gasteiger partial charge in [-0.2, -0.15) is 0 Å². The number of imidazole rings is 1. The molecule has 1 aromatic heterocycles. The van der Waals surface area contributed by atoms with Crippen LogP contribution in [0, 0.1) is 0 Å². The van der Waals surface area contributed by atoms with Gasteiger partial charge in [-0.3, -0.25) is 4.79 Å². The van der Waals surface area contributed by atoms with Crippen molar-refractivity contribution in [2.24, 2.45) is 5.73 Å². The molecule has 1 amide bonds. The lowest BCUT2D eigenvalue weighted by Gasteiger charge is -2.34. The number of amides is 1. The number of alkyl halides is 2. The van der Waals surface area contributed by atoms with E-state index in [1.165, 1.54) is 5.56 Å². The quantitative estimate of drug-likeness (QED) is 0.476. The molecule has 170 valence electrons. The smallest absolute Gasteiger partial charge is 0.251 e. The number of fused-ring (bicyclic) bond motifs is 1. The Hall–Kier alpha value is -2.38. The van der Waals surface area contributed by atoms with Crippen LogP contribution in [0.3, 0.4) is 0 Å². The van der Waals surface area contributed by atoms with Crippen molar-refractivity contribution in [3.05, 3.63) is 57.3 Å². The van der Waals surface area contributed by atoms with Crippen molar-refractivity contribution in [2.75, 3.05) is 18.0 Å². The molecule has 3 N–H and O–H groups in total. The Morgan fingerprint density at radius 3 is 2.50 bits per heavy atom. The predicted molar refractivity (Wildman–Crippen MR) is 124 cm³/mol. The third-order valence-electron chi connectivity index (χ3n) is 6.00. The highest BCUT2D eigenvalue weighted by molar-refractivity contribution is 6.42. The molecular weight excluding hydrogens is 457 g/mol. The fourth-order valence-electron chi connectivity index (χ4n) is 4.16. The monoisotopic (exact) mass is 480 g/mol. The summed E-state index contributed by atoms with van der Waals surface area (Å²) >= 11 is 13.2. The van der Waals surface area contributed by atoms with Gasteiger partial charge in [-0.15, -0.1) is 0 Å². The molecule has 2 heterocycles. The third kappa shape index (κ3) is 4.55. The first-order chi connectivity index (χ1) is 15.2. The molecule has 0 bridgehead atoms. The van der Waals surface area contributed by atoms with E-state index in [1.807, 2.05) is 24.3 Å². The van der Waals surface area contributed by atoms with Crippen LogP contribution in [0.1, 0.15) is 49.1 Å². The van der Waals surface area contributed by atoms with E-state index in [0.29, 0.717) is 32.6 Å². The zero-order valence-corrected chi connectivity index (χ0v) is 19.1. The Morgan fingerprint density at radius 1 is 1.25 bits per heavy atom. The minimum atomic E-state index is -2.67. The van der Waals surface area contributed by atoms with Gasteiger partial charge >= 0.3 is 0 Å². The van der Waals surface area contributed by atoms with E-state index in [0.717, 1.165) is 12.0 Å². The van der Waals surface area contributed by atoms with E-state index in [2.05, 4.69) is 16.9 Å². The Labute approximate surface area is 194 Å². The summed E-state index contributed by atoms with van der Waals surface area (Å²) in [7, 11) is 0. The molecule has 1 aliphatic rings. The molecule has 1 atom stereocenters. The number of nitrogens with zero attached hydrogens (tertiary/aromatic N) is 2. The number of primary amides is 1. The summed E-state index contributed by atoms with van der Waals surface area (Å²) in [5.41, 5.74) is 9.21. The van der Waals surface area contributed by atoms with E-state index in [9.17, 15) is 13.6 Å². The topological polar surface area (TPSA) is 75.0 Å². The van der Waals surface area contributed by atoms with Gasteiger partial charge in [0.2, 0.25) is 5.91 Å². The van der Waals surface area contributed by atoms with Gasteiger partial charge in [-0.05, 0) is 23.6 Å². The molecule has 1 fully saturated rings. The number of aryl methyl sites for hydroxylation is 1. The van der Waals surface area contributed by atoms with E-state index in [1.54, 1.807) is 11.0 Å². The van der Waals surface area contributed by atoms with Crippen molar-refractivity contribution in [3.63, 3.8) is 0 Å². The zero-order valence-electron chi connectivity index (χ0n) is 17.6. The Balaban J connectivity index is 1.74. The Kier molecular flexibility index (Phi) is 6.32. The fraction of sp³-hybridized carbons (Fsp3) is 0.391. The number of nitrogens with two attached hydrogens (primary N) is 1. The van der Waals surface area contributed by atoms with Crippen molar-refractivity contribution in [3.8, 4) is 0 Å². The molecular formula is C23H24Cl2F2N4O. The van der Waals surface area contributed by atoms with Gasteiger partial charge in [0.25, 0.3) is 5.92 Å². The standard InChI is InChI=1S/C23H24Cl2F2N4O/c1-2-13-3-5-14(6-4-13)15(11-18(28)32)22-29-17-12-16(24)21(19(25)20(17)30-22)31-9-7-23(26,27)8-10-31/h3-6,12,15H,2,7-11H2,1H3,(H2,28,32)(H,29,30). The third-order valence-corrected chi connectivity index (χ3v) is 6.65. The number of anilines is 1. The molecule has 2 aromatic carbocycles. The number of benzene rings is 2. The van der Waals surface area contributed by atoms with Crippen LogP contribution in [-0.2, 0) is 11.2 Å². The number of halogens is 4. The van der Waals surface area contributed by atoms with Crippen molar-refractivity contribution < 1.29 is 13.6 Å². The first-order valence-electron chi connectivity index (χ1n) is 10.6. The second kappa shape index (κ2) is 8.87. The number of aromatic nitrogens is 2. The molecule has 0 aliphatic carbocycles. The first kappa shape index (κ1) is 22.8. The summed E-state index contributed by atoms with van der Waals surface area (Å²) in [6.07, 6.45) is 0.478. The van der Waals surface area contributed by atoms with Crippen LogP contribution in [0.25, 0.3) is 11.0 Å². The van der Waals surface area contributed by atoms with Gasteiger partial charge < -0.3 is 15.6 Å². The van der Waals surface area contributed by atoms with Crippen molar-refractivity contribution in [1.29, 1.82) is 0 Å². The molecule has 32 heavy (non-hydrogen) atoms. The maximum atomic E-state index is 13.6. The normalized spacial score (nSPS) is 17.0. The summed E-state index contributed by atoms with van der Waals surface area (Å²) in [6.45, 7) is 2.38. The lowest BCUT2D eigenvalue weighted by Crippen LogP contribution is -2.39. The highest BCUT2D eigenvalue weighted by Gasteiger charge is 2.35. The van der Waals surface area contributed by atoms with Crippen LogP contribution in [0.15, 0.2) is 30.3 Å². The van der Waals surface area contributed by atoms with Gasteiger partial charge in [0.1, 0.15) is 11.3 Å². The predicted octanol–water partition coefficient (Wildman–Crippen LogP) is 5.67. The SMILES string of the molecule is CCc1ccc(C(CC(N)=O)c2nc3c(Cl)c(N4CCC(F)(F)CC4)c(Cl)cc3[nH]2)cc1. The average molecular weight is 481 g/mol. The summed E-state index contributed by atoms with van der Waals surface area (Å²) in [5, 5.41) is 0.668. The van der Waals surface area contributed by atoms with Crippen LogP contribution in [-0.4, -0.2) is 34.9 Å². The van der Waals surface area contributed by atoms with Crippen molar-refractivity contribution in [1.82, 2.24) is 9.97 Å². The minimum absolute atomic E-state index is 0.0741. The number of piperidine rings is 1. The number of carbonyl (C=O) groups is 1. The number of carbonyl (C=O) groups excluding carboxylic acids is 1. The van der Waals surface area contributed by atoms with Crippen LogP contribution in [0.5, 0.6) is 0 Å². The second-order valence-corrected chi connectivity index (χ2v) is 8.99.